The average molecular weight is 611 g/mol. The Morgan fingerprint density at radius 1 is 0.756 bits per heavy atom. The molecule has 9 heteroatoms. The van der Waals surface area contributed by atoms with Gasteiger partial charge in [-0.1, -0.05) is 13.8 Å². The largest absolute Gasteiger partial charge is 0.509 e. The van der Waals surface area contributed by atoms with Gasteiger partial charge >= 0.3 is 11.9 Å². The zero-order chi connectivity index (χ0) is 32.6. The fraction of sp³-hybridized carbons (Fsp3) is 0.417. The Kier molecular flexibility index (Phi) is 8.83. The van der Waals surface area contributed by atoms with Crippen molar-refractivity contribution in [2.45, 2.75) is 80.1 Å². The molecule has 0 radical (unpaired) electrons. The Balaban J connectivity index is 1.76. The fourth-order valence-corrected chi connectivity index (χ4v) is 6.36. The van der Waals surface area contributed by atoms with Crippen LogP contribution in [0.5, 0.6) is 0 Å². The molecule has 0 saturated heterocycles. The zero-order valence-corrected chi connectivity index (χ0v) is 27.5. The van der Waals surface area contributed by atoms with Gasteiger partial charge in [0.2, 0.25) is 0 Å². The molecular weight excluding hydrogens is 568 g/mol. The molecule has 0 amide bonds. The molecule has 0 fully saturated rings. The summed E-state index contributed by atoms with van der Waals surface area (Å²) in [6.07, 6.45) is 10.6. The molecule has 1 unspecified atom stereocenters. The van der Waals surface area contributed by atoms with E-state index >= 15 is 0 Å². The third-order valence-electron chi connectivity index (χ3n) is 9.59. The lowest BCUT2D eigenvalue weighted by Gasteiger charge is -2.24. The first-order valence-electron chi connectivity index (χ1n) is 15.5. The third-order valence-corrected chi connectivity index (χ3v) is 9.59. The van der Waals surface area contributed by atoms with Crippen molar-refractivity contribution < 1.29 is 24.2 Å². The summed E-state index contributed by atoms with van der Waals surface area (Å²) in [7, 11) is 2.77. The van der Waals surface area contributed by atoms with Crippen LogP contribution in [0.4, 0.5) is 0 Å². The predicted octanol–water partition coefficient (Wildman–Crippen LogP) is 6.95. The SMILES string of the molecule is CCC1=C(C)C2=NC1=CC1=NC(=CC3=NC(=CC4=C(O)C(C)(CC)C(=C2)N4)C(C)=C3CCC(=O)OC)C(CCC(=O)OC)=C1C. The number of fused-ring (bicyclic) bond motifs is 5. The highest BCUT2D eigenvalue weighted by atomic mass is 16.5. The maximum atomic E-state index is 12.2. The number of hydrogen-bond donors (Lipinski definition) is 2. The molecule has 5 aliphatic heterocycles. The second-order valence-corrected chi connectivity index (χ2v) is 12.0. The van der Waals surface area contributed by atoms with Crippen LogP contribution >= 0.6 is 0 Å². The summed E-state index contributed by atoms with van der Waals surface area (Å²) >= 11 is 0. The first-order chi connectivity index (χ1) is 21.4. The quantitative estimate of drug-likeness (QED) is 0.287. The number of aliphatic imine (C=N–C) groups is 3. The average Bonchev–Trinajstić information content (AvgIpc) is 3.67. The fourth-order valence-electron chi connectivity index (χ4n) is 6.36. The molecule has 45 heavy (non-hydrogen) atoms. The number of carbonyl (C=O) groups excluding carboxylic acids is 2. The summed E-state index contributed by atoms with van der Waals surface area (Å²) in [6.45, 7) is 12.3. The van der Waals surface area contributed by atoms with Gasteiger partial charge in [-0.25, -0.2) is 15.0 Å². The Morgan fingerprint density at radius 2 is 1.29 bits per heavy atom. The predicted molar refractivity (Wildman–Crippen MR) is 177 cm³/mol. The maximum Gasteiger partial charge on any atom is 0.305 e. The summed E-state index contributed by atoms with van der Waals surface area (Å²) in [6, 6.07) is 0. The van der Waals surface area contributed by atoms with Crippen LogP contribution in [0.15, 0.2) is 107 Å². The van der Waals surface area contributed by atoms with Crippen molar-refractivity contribution in [1.82, 2.24) is 5.32 Å². The van der Waals surface area contributed by atoms with Crippen LogP contribution in [0.3, 0.4) is 0 Å². The van der Waals surface area contributed by atoms with Crippen molar-refractivity contribution in [1.29, 1.82) is 0 Å². The molecule has 2 N–H and O–H groups in total. The van der Waals surface area contributed by atoms with Gasteiger partial charge in [0.25, 0.3) is 0 Å². The molecule has 0 aromatic rings. The molecule has 1 atom stereocenters. The molecule has 0 spiro atoms. The van der Waals surface area contributed by atoms with Crippen molar-refractivity contribution in [2.75, 3.05) is 14.2 Å². The van der Waals surface area contributed by atoms with Gasteiger partial charge in [-0.2, -0.15) is 0 Å². The van der Waals surface area contributed by atoms with Crippen molar-refractivity contribution in [3.63, 3.8) is 0 Å². The highest BCUT2D eigenvalue weighted by Crippen LogP contribution is 2.45. The molecule has 0 saturated carbocycles. The molecule has 8 bridgehead atoms. The Bertz CT molecular complexity index is 1730. The van der Waals surface area contributed by atoms with Gasteiger partial charge in [0.15, 0.2) is 0 Å². The summed E-state index contributed by atoms with van der Waals surface area (Å²) in [5.74, 6) is -0.352. The minimum absolute atomic E-state index is 0.196. The molecule has 0 aromatic heterocycles. The number of nitrogens with zero attached hydrogens (tertiary/aromatic N) is 3. The highest BCUT2D eigenvalue weighted by Gasteiger charge is 2.41. The minimum Gasteiger partial charge on any atom is -0.509 e. The third kappa shape index (κ3) is 5.72. The van der Waals surface area contributed by atoms with Crippen LogP contribution < -0.4 is 5.32 Å². The van der Waals surface area contributed by atoms with Gasteiger partial charge in [-0.3, -0.25) is 9.59 Å². The van der Waals surface area contributed by atoms with E-state index in [1.807, 2.05) is 45.1 Å². The van der Waals surface area contributed by atoms with E-state index in [0.717, 1.165) is 62.7 Å². The van der Waals surface area contributed by atoms with E-state index in [2.05, 4.69) is 26.1 Å². The monoisotopic (exact) mass is 610 g/mol. The Hall–Kier alpha value is -4.53. The van der Waals surface area contributed by atoms with E-state index in [-0.39, 0.29) is 30.5 Å². The molecule has 236 valence electrons. The zero-order valence-electron chi connectivity index (χ0n) is 27.5. The summed E-state index contributed by atoms with van der Waals surface area (Å²) in [5, 5.41) is 15.0. The van der Waals surface area contributed by atoms with Crippen molar-refractivity contribution >= 4 is 29.1 Å². The minimum atomic E-state index is -0.628. The maximum absolute atomic E-state index is 12.2. The topological polar surface area (TPSA) is 122 Å². The molecule has 9 nitrogen and oxygen atoms in total. The molecule has 5 rings (SSSR count). The van der Waals surface area contributed by atoms with E-state index in [4.69, 9.17) is 24.5 Å². The van der Waals surface area contributed by atoms with Gasteiger partial charge in [0, 0.05) is 18.5 Å². The normalized spacial score (nSPS) is 22.5. The van der Waals surface area contributed by atoms with Crippen molar-refractivity contribution in [2.24, 2.45) is 20.4 Å². The number of ether oxygens (including phenoxy) is 2. The van der Waals surface area contributed by atoms with E-state index in [9.17, 15) is 14.7 Å². The van der Waals surface area contributed by atoms with Gasteiger partial charge in [0.1, 0.15) is 5.76 Å². The highest BCUT2D eigenvalue weighted by molar-refractivity contribution is 6.18. The Labute approximate surface area is 265 Å². The lowest BCUT2D eigenvalue weighted by atomic mass is 9.82. The van der Waals surface area contributed by atoms with Crippen LogP contribution in [-0.2, 0) is 19.1 Å². The van der Waals surface area contributed by atoms with Crippen LogP contribution in [0.2, 0.25) is 0 Å². The van der Waals surface area contributed by atoms with Gasteiger partial charge in [0.05, 0.1) is 59.6 Å². The first kappa shape index (κ1) is 31.9. The molecule has 5 heterocycles. The molecular formula is C36H42N4O5. The van der Waals surface area contributed by atoms with Gasteiger partial charge in [-0.15, -0.1) is 0 Å². The molecule has 0 aliphatic carbocycles. The number of rotatable bonds is 8. The lowest BCUT2D eigenvalue weighted by molar-refractivity contribution is -0.141. The summed E-state index contributed by atoms with van der Waals surface area (Å²) in [5.41, 5.74) is 11.3. The van der Waals surface area contributed by atoms with E-state index in [1.165, 1.54) is 14.2 Å². The standard InChI is InChI=1S/C36H42N4O5/c1-9-22-19(3)27-18-32-36(6,10-2)35(43)31(40-32)16-26-21(5)24(12-14-34(42)45-8)30(38-26)17-29-23(11-13-33(41)44-7)20(4)25(37-29)15-28(22)39-27/h15-18,40,43H,9-14H2,1-8H3. The van der Waals surface area contributed by atoms with Crippen molar-refractivity contribution in [3.8, 4) is 0 Å². The Morgan fingerprint density at radius 3 is 1.89 bits per heavy atom. The van der Waals surface area contributed by atoms with Crippen LogP contribution in [0, 0.1) is 5.41 Å². The number of hydrogen-bond acceptors (Lipinski definition) is 9. The van der Waals surface area contributed by atoms with Crippen molar-refractivity contribution in [3.05, 3.63) is 92.0 Å². The first-order valence-corrected chi connectivity index (χ1v) is 15.5. The number of esters is 2. The smallest absolute Gasteiger partial charge is 0.305 e. The second-order valence-electron chi connectivity index (χ2n) is 12.0. The van der Waals surface area contributed by atoms with Gasteiger partial charge in [-0.05, 0) is 111 Å². The molecule has 5 aliphatic rings. The number of nitrogens with one attached hydrogen (secondary N) is 1. The molecule has 0 aromatic carbocycles. The summed E-state index contributed by atoms with van der Waals surface area (Å²) < 4.78 is 9.87. The number of methoxy groups -OCH3 is 2. The summed E-state index contributed by atoms with van der Waals surface area (Å²) in [4.78, 5) is 39.5. The lowest BCUT2D eigenvalue weighted by Crippen LogP contribution is -2.22. The number of aliphatic hydroxyl groups is 1. The van der Waals surface area contributed by atoms with Crippen LogP contribution in [0.25, 0.3) is 0 Å². The van der Waals surface area contributed by atoms with Gasteiger partial charge < -0.3 is 19.9 Å². The van der Waals surface area contributed by atoms with E-state index in [1.54, 1.807) is 0 Å². The number of allylic oxidation sites excluding steroid dienone is 10. The van der Waals surface area contributed by atoms with Crippen LogP contribution in [0.1, 0.15) is 80.1 Å². The van der Waals surface area contributed by atoms with Crippen LogP contribution in [-0.4, -0.2) is 48.4 Å². The second kappa shape index (κ2) is 12.5. The number of carbonyl (C=O) groups is 2. The number of aliphatic hydroxyl groups excluding tert-OH is 1. The van der Waals surface area contributed by atoms with E-state index < -0.39 is 5.41 Å². The van der Waals surface area contributed by atoms with E-state index in [0.29, 0.717) is 42.1 Å².